The van der Waals surface area contributed by atoms with Crippen molar-refractivity contribution in [1.82, 2.24) is 0 Å². The molecule has 0 N–H and O–H groups in total. The Morgan fingerprint density at radius 2 is 1.60 bits per heavy atom. The zero-order valence-electron chi connectivity index (χ0n) is 7.55. The monoisotopic (exact) mass is 415 g/mol. The van der Waals surface area contributed by atoms with Gasteiger partial charge in [-0.3, -0.25) is 0 Å². The van der Waals surface area contributed by atoms with Gasteiger partial charge in [0.15, 0.2) is 0 Å². The Morgan fingerprint density at radius 1 is 1.13 bits per heavy atom. The van der Waals surface area contributed by atoms with E-state index in [-0.39, 0.29) is 0 Å². The molecule has 0 heterocycles. The second-order valence-corrected chi connectivity index (χ2v) is 36.8. The van der Waals surface area contributed by atoms with Gasteiger partial charge in [-0.2, -0.15) is 0 Å². The summed E-state index contributed by atoms with van der Waals surface area (Å²) in [5.74, 6) is 0. The third-order valence-corrected chi connectivity index (χ3v) is 11.0. The molecule has 0 spiro atoms. The van der Waals surface area contributed by atoms with Crippen molar-refractivity contribution in [3.05, 3.63) is 29.8 Å². The Kier molecular flexibility index (Phi) is 4.67. The van der Waals surface area contributed by atoms with Gasteiger partial charge in [0.05, 0.1) is 0 Å². The van der Waals surface area contributed by atoms with Gasteiger partial charge >= 0.3 is 108 Å². The van der Waals surface area contributed by atoms with Gasteiger partial charge in [0.2, 0.25) is 0 Å². The van der Waals surface area contributed by atoms with E-state index in [0.29, 0.717) is 4.90 Å². The van der Waals surface area contributed by atoms with Crippen LogP contribution in [0.25, 0.3) is 0 Å². The van der Waals surface area contributed by atoms with Crippen molar-refractivity contribution in [3.8, 4) is 0 Å². The van der Waals surface area contributed by atoms with Crippen molar-refractivity contribution >= 4 is 59.7 Å². The first-order valence-corrected chi connectivity index (χ1v) is 20.5. The average Bonchev–Trinajstić information content (AvgIpc) is 2.00. The number of hydrogen-bond donors (Lipinski definition) is 0. The second kappa shape index (κ2) is 4.88. The van der Waals surface area contributed by atoms with Crippen LogP contribution >= 0.6 is 35.7 Å². The van der Waals surface area contributed by atoms with Gasteiger partial charge in [0.1, 0.15) is 0 Å². The summed E-state index contributed by atoms with van der Waals surface area (Å²) in [6.45, 7) is 1.91. The molecule has 0 saturated heterocycles. The fourth-order valence-electron chi connectivity index (χ4n) is 0.812. The fraction of sp³-hybridized carbons (Fsp3) is 0.143. The van der Waals surface area contributed by atoms with Crippen LogP contribution in [-0.4, -0.2) is 17.1 Å². The van der Waals surface area contributed by atoms with E-state index in [4.69, 9.17) is 38.2 Å². The summed E-state index contributed by atoms with van der Waals surface area (Å²) in [4.78, 5) is 0.420. The van der Waals surface area contributed by atoms with Gasteiger partial charge in [-0.25, -0.2) is 0 Å². The zero-order valence-corrected chi connectivity index (χ0v) is 14.2. The molecule has 0 aliphatic rings. The Morgan fingerprint density at radius 3 is 2.00 bits per heavy atom. The molecular weight excluding hydrogens is 409 g/mol. The molecule has 1 aromatic rings. The van der Waals surface area contributed by atoms with E-state index in [2.05, 4.69) is 0 Å². The first-order valence-electron chi connectivity index (χ1n) is 3.82. The first kappa shape index (κ1) is 14.4. The van der Waals surface area contributed by atoms with E-state index >= 15 is 0 Å². The summed E-state index contributed by atoms with van der Waals surface area (Å²) in [6.07, 6.45) is 0. The van der Waals surface area contributed by atoms with Gasteiger partial charge in [-0.15, -0.1) is 0 Å². The number of hydrogen-bond acceptors (Lipinski definition) is 2. The molecule has 0 saturated carbocycles. The predicted octanol–water partition coefficient (Wildman–Crippen LogP) is 3.88. The summed E-state index contributed by atoms with van der Waals surface area (Å²) in [7, 11) is 22.2. The van der Waals surface area contributed by atoms with Crippen molar-refractivity contribution in [2.24, 2.45) is 0 Å². The molecule has 0 fully saturated rings. The molecule has 0 radical (unpaired) electrons. The molecule has 2 nitrogen and oxygen atoms in total. The molecule has 0 aromatic heterocycles. The number of benzene rings is 1. The Balaban J connectivity index is 2.84. The Bertz CT molecular complexity index is 377. The minimum atomic E-state index is -5.13. The summed E-state index contributed by atoms with van der Waals surface area (Å²) in [5.41, 5.74) is 1.04. The number of rotatable bonds is 3. The normalized spacial score (nSPS) is 16.7. The van der Waals surface area contributed by atoms with Crippen LogP contribution in [0.3, 0.4) is 0 Å². The van der Waals surface area contributed by atoms with E-state index in [1.807, 2.05) is 6.92 Å². The zero-order chi connectivity index (χ0) is 11.7. The number of aryl methyl sites for hydroxylation is 1. The third kappa shape index (κ3) is 5.96. The van der Waals surface area contributed by atoms with Crippen molar-refractivity contribution in [2.75, 3.05) is 0 Å². The molecule has 0 bridgehead atoms. The van der Waals surface area contributed by atoms with E-state index in [0.717, 1.165) is 5.56 Å². The quantitative estimate of drug-likeness (QED) is 0.701. The summed E-state index contributed by atoms with van der Waals surface area (Å²) < 4.78 is 16.4. The van der Waals surface area contributed by atoms with Crippen LogP contribution in [0.15, 0.2) is 29.2 Å². The standard InChI is InChI=1S/C7H8O2S.4ClH.Sn/c1-6-2-4-7(5-3-6)10(8)9;;;;;/h2-5H,1H3,(H,8,9);4*1H;/q;;;;;+4/p-5. The second-order valence-electron chi connectivity index (χ2n) is 2.87. The van der Waals surface area contributed by atoms with Crippen LogP contribution in [0.1, 0.15) is 5.56 Å². The van der Waals surface area contributed by atoms with Crippen LogP contribution < -0.4 is 0 Å². The SMILES string of the molecule is Cc1ccc(S(=O)[O][Sn-]([Cl])([Cl])([Cl])[Cl])cc1. The Labute approximate surface area is 107 Å². The maximum absolute atomic E-state index is 11.6. The Hall–Kier alpha value is 1.29. The topological polar surface area (TPSA) is 26.3 Å². The average molecular weight is 416 g/mol. The number of halogens is 4. The van der Waals surface area contributed by atoms with E-state index in [9.17, 15) is 4.21 Å². The molecule has 0 amide bonds. The molecule has 8 heteroatoms. The maximum atomic E-state index is 11.6. The first-order chi connectivity index (χ1) is 6.63. The minimum absolute atomic E-state index is 0.420. The molecule has 15 heavy (non-hydrogen) atoms. The summed E-state index contributed by atoms with van der Waals surface area (Å²) in [6, 6.07) is 6.83. The summed E-state index contributed by atoms with van der Waals surface area (Å²) >= 11 is -6.96. The fourth-order valence-corrected chi connectivity index (χ4v) is 8.88. The molecular formula is C7H7Cl4O2SSn-. The van der Waals surface area contributed by atoms with Crippen LogP contribution in [-0.2, 0) is 13.6 Å². The van der Waals surface area contributed by atoms with Crippen LogP contribution in [0.2, 0.25) is 0 Å². The van der Waals surface area contributed by atoms with Gasteiger partial charge in [-0.1, -0.05) is 0 Å². The van der Waals surface area contributed by atoms with E-state index in [1.54, 1.807) is 24.3 Å². The molecule has 86 valence electrons. The van der Waals surface area contributed by atoms with Gasteiger partial charge < -0.3 is 0 Å². The third-order valence-electron chi connectivity index (χ3n) is 1.42. The molecule has 1 unspecified atom stereocenters. The van der Waals surface area contributed by atoms with Crippen molar-refractivity contribution in [3.63, 3.8) is 0 Å². The molecule has 1 atom stereocenters. The molecule has 1 rings (SSSR count). The summed E-state index contributed by atoms with van der Waals surface area (Å²) in [5, 5.41) is 0. The van der Waals surface area contributed by atoms with Crippen molar-refractivity contribution in [1.29, 1.82) is 0 Å². The molecule has 1 aromatic carbocycles. The van der Waals surface area contributed by atoms with E-state index in [1.165, 1.54) is 0 Å². The molecule has 0 aliphatic heterocycles. The van der Waals surface area contributed by atoms with Gasteiger partial charge in [-0.05, 0) is 0 Å². The molecule has 0 aliphatic carbocycles. The predicted molar refractivity (Wildman–Crippen MR) is 67.8 cm³/mol. The van der Waals surface area contributed by atoms with Crippen LogP contribution in [0.4, 0.5) is 0 Å². The van der Waals surface area contributed by atoms with Crippen LogP contribution in [0, 0.1) is 6.92 Å². The van der Waals surface area contributed by atoms with Gasteiger partial charge in [0, 0.05) is 0 Å². The van der Waals surface area contributed by atoms with Crippen molar-refractivity contribution < 1.29 is 6.73 Å². The van der Waals surface area contributed by atoms with Crippen LogP contribution in [0.5, 0.6) is 0 Å². The van der Waals surface area contributed by atoms with Crippen molar-refractivity contribution in [2.45, 2.75) is 11.8 Å². The van der Waals surface area contributed by atoms with E-state index < -0.39 is 24.0 Å². The van der Waals surface area contributed by atoms with Gasteiger partial charge in [0.25, 0.3) is 0 Å².